The first kappa shape index (κ1) is 17.8. The molecule has 2 amide bonds. The molecule has 0 saturated carbocycles. The molecule has 0 aliphatic rings. The zero-order chi connectivity index (χ0) is 17.2. The van der Waals surface area contributed by atoms with Gasteiger partial charge in [0.25, 0.3) is 0 Å². The van der Waals surface area contributed by atoms with E-state index in [1.54, 1.807) is 19.9 Å². The minimum Gasteiger partial charge on any atom is -0.307 e. The van der Waals surface area contributed by atoms with E-state index in [0.717, 1.165) is 16.9 Å². The number of amides is 2. The summed E-state index contributed by atoms with van der Waals surface area (Å²) in [4.78, 5) is 12.1. The second-order valence-corrected chi connectivity index (χ2v) is 8.96. The van der Waals surface area contributed by atoms with Gasteiger partial charge in [-0.3, -0.25) is 5.32 Å². The maximum absolute atomic E-state index is 12.2. The SMILES string of the molecule is Cc1ccccc1NC(=O)Nc1scc(S(=O)(=O)C(C)C)c1Cl. The van der Waals surface area contributed by atoms with Crippen LogP contribution in [-0.2, 0) is 9.84 Å². The summed E-state index contributed by atoms with van der Waals surface area (Å²) in [6.07, 6.45) is 0. The van der Waals surface area contributed by atoms with Gasteiger partial charge in [-0.2, -0.15) is 0 Å². The van der Waals surface area contributed by atoms with Crippen LogP contribution in [0, 0.1) is 6.92 Å². The summed E-state index contributed by atoms with van der Waals surface area (Å²) >= 11 is 7.20. The summed E-state index contributed by atoms with van der Waals surface area (Å²) in [5, 5.41) is 6.51. The van der Waals surface area contributed by atoms with Gasteiger partial charge >= 0.3 is 6.03 Å². The van der Waals surface area contributed by atoms with E-state index in [4.69, 9.17) is 11.6 Å². The molecule has 1 aromatic heterocycles. The van der Waals surface area contributed by atoms with Crippen LogP contribution in [0.4, 0.5) is 15.5 Å². The van der Waals surface area contributed by atoms with Crippen molar-refractivity contribution in [3.05, 3.63) is 40.2 Å². The molecule has 0 saturated heterocycles. The second kappa shape index (κ2) is 6.90. The van der Waals surface area contributed by atoms with Crippen LogP contribution in [0.15, 0.2) is 34.5 Å². The lowest BCUT2D eigenvalue weighted by Gasteiger charge is -2.09. The Morgan fingerprint density at radius 1 is 1.22 bits per heavy atom. The molecule has 23 heavy (non-hydrogen) atoms. The molecule has 5 nitrogen and oxygen atoms in total. The maximum Gasteiger partial charge on any atom is 0.324 e. The predicted octanol–water partition coefficient (Wildman–Crippen LogP) is 4.54. The Morgan fingerprint density at radius 3 is 2.48 bits per heavy atom. The number of thiophene rings is 1. The number of carbonyl (C=O) groups excluding carboxylic acids is 1. The molecule has 0 spiro atoms. The fourth-order valence-electron chi connectivity index (χ4n) is 1.83. The van der Waals surface area contributed by atoms with Gasteiger partial charge in [-0.05, 0) is 32.4 Å². The molecule has 8 heteroatoms. The van der Waals surface area contributed by atoms with Crippen LogP contribution >= 0.6 is 22.9 Å². The van der Waals surface area contributed by atoms with Crippen LogP contribution in [0.25, 0.3) is 0 Å². The summed E-state index contributed by atoms with van der Waals surface area (Å²) in [5.74, 6) is 0. The van der Waals surface area contributed by atoms with Crippen LogP contribution < -0.4 is 10.6 Å². The van der Waals surface area contributed by atoms with Gasteiger partial charge in [-0.25, -0.2) is 13.2 Å². The summed E-state index contributed by atoms with van der Waals surface area (Å²) in [6, 6.07) is 6.86. The van der Waals surface area contributed by atoms with E-state index in [9.17, 15) is 13.2 Å². The molecule has 0 radical (unpaired) electrons. The highest BCUT2D eigenvalue weighted by atomic mass is 35.5. The Kier molecular flexibility index (Phi) is 5.33. The lowest BCUT2D eigenvalue weighted by molar-refractivity contribution is 0.262. The third-order valence-corrected chi connectivity index (χ3v) is 7.08. The Balaban J connectivity index is 2.17. The van der Waals surface area contributed by atoms with Crippen molar-refractivity contribution in [2.45, 2.75) is 30.9 Å². The van der Waals surface area contributed by atoms with Crippen molar-refractivity contribution in [2.24, 2.45) is 0 Å². The highest BCUT2D eigenvalue weighted by Gasteiger charge is 2.26. The normalized spacial score (nSPS) is 11.5. The van der Waals surface area contributed by atoms with Gasteiger partial charge in [0.05, 0.1) is 15.2 Å². The zero-order valence-corrected chi connectivity index (χ0v) is 15.3. The number of hydrogen-bond acceptors (Lipinski definition) is 4. The summed E-state index contributed by atoms with van der Waals surface area (Å²) < 4.78 is 24.4. The third kappa shape index (κ3) is 3.85. The van der Waals surface area contributed by atoms with Crippen LogP contribution in [-0.4, -0.2) is 19.7 Å². The number of carbonyl (C=O) groups is 1. The zero-order valence-electron chi connectivity index (χ0n) is 12.9. The van der Waals surface area contributed by atoms with Crippen molar-refractivity contribution in [1.29, 1.82) is 0 Å². The molecule has 0 aliphatic heterocycles. The minimum absolute atomic E-state index is 0.0450. The average molecular weight is 373 g/mol. The molecule has 1 heterocycles. The van der Waals surface area contributed by atoms with Gasteiger partial charge in [-0.1, -0.05) is 29.8 Å². The summed E-state index contributed by atoms with van der Waals surface area (Å²) in [7, 11) is -3.48. The van der Waals surface area contributed by atoms with Gasteiger partial charge in [0.15, 0.2) is 9.84 Å². The van der Waals surface area contributed by atoms with Crippen molar-refractivity contribution in [3.63, 3.8) is 0 Å². The number of nitrogens with one attached hydrogen (secondary N) is 2. The van der Waals surface area contributed by atoms with E-state index in [1.807, 2.05) is 25.1 Å². The van der Waals surface area contributed by atoms with Gasteiger partial charge in [0.2, 0.25) is 0 Å². The van der Waals surface area contributed by atoms with Crippen LogP contribution in [0.1, 0.15) is 19.4 Å². The quantitative estimate of drug-likeness (QED) is 0.827. The Labute approximate surface area is 144 Å². The van der Waals surface area contributed by atoms with E-state index < -0.39 is 21.1 Å². The van der Waals surface area contributed by atoms with Crippen molar-refractivity contribution >= 4 is 49.5 Å². The molecular weight excluding hydrogens is 356 g/mol. The molecule has 0 fully saturated rings. The topological polar surface area (TPSA) is 75.3 Å². The average Bonchev–Trinajstić information content (AvgIpc) is 2.83. The predicted molar refractivity (Wildman–Crippen MR) is 95.5 cm³/mol. The van der Waals surface area contributed by atoms with Gasteiger partial charge in [-0.15, -0.1) is 11.3 Å². The number of rotatable bonds is 4. The lowest BCUT2D eigenvalue weighted by atomic mass is 10.2. The van der Waals surface area contributed by atoms with Gasteiger partial charge in [0.1, 0.15) is 5.00 Å². The molecule has 0 unspecified atom stereocenters. The Bertz CT molecular complexity index is 829. The number of aryl methyl sites for hydroxylation is 1. The molecule has 2 rings (SSSR count). The van der Waals surface area contributed by atoms with Crippen molar-refractivity contribution in [3.8, 4) is 0 Å². The first-order chi connectivity index (χ1) is 10.7. The van der Waals surface area contributed by atoms with Crippen molar-refractivity contribution in [1.82, 2.24) is 0 Å². The number of anilines is 2. The number of halogens is 1. The van der Waals surface area contributed by atoms with Gasteiger partial charge in [0, 0.05) is 11.1 Å². The molecular formula is C15H17ClN2O3S2. The number of hydrogen-bond donors (Lipinski definition) is 2. The Morgan fingerprint density at radius 2 is 1.87 bits per heavy atom. The molecule has 1 aromatic carbocycles. The largest absolute Gasteiger partial charge is 0.324 e. The minimum atomic E-state index is -3.48. The summed E-state index contributed by atoms with van der Waals surface area (Å²) in [5.41, 5.74) is 1.59. The molecule has 0 bridgehead atoms. The van der Waals surface area contributed by atoms with E-state index in [0.29, 0.717) is 10.7 Å². The van der Waals surface area contributed by atoms with Crippen molar-refractivity contribution < 1.29 is 13.2 Å². The number of para-hydroxylation sites is 1. The second-order valence-electron chi connectivity index (χ2n) is 5.23. The lowest BCUT2D eigenvalue weighted by Crippen LogP contribution is -2.19. The fourth-order valence-corrected chi connectivity index (χ4v) is 4.76. The number of sulfone groups is 1. The first-order valence-electron chi connectivity index (χ1n) is 6.88. The van der Waals surface area contributed by atoms with E-state index in [-0.39, 0.29) is 9.92 Å². The first-order valence-corrected chi connectivity index (χ1v) is 9.68. The van der Waals surface area contributed by atoms with Crippen LogP contribution in [0.3, 0.4) is 0 Å². The highest BCUT2D eigenvalue weighted by molar-refractivity contribution is 7.92. The standard InChI is InChI=1S/C15H17ClN2O3S2/c1-9(2)23(20,21)12-8-22-14(13(12)16)18-15(19)17-11-7-5-4-6-10(11)3/h4-9H,1-3H3,(H2,17,18,19). The fraction of sp³-hybridized carbons (Fsp3) is 0.267. The van der Waals surface area contributed by atoms with Crippen LogP contribution in [0.2, 0.25) is 5.02 Å². The molecule has 0 atom stereocenters. The van der Waals surface area contributed by atoms with Crippen LogP contribution in [0.5, 0.6) is 0 Å². The Hall–Kier alpha value is -1.57. The highest BCUT2D eigenvalue weighted by Crippen LogP contribution is 2.37. The molecule has 2 aromatic rings. The third-order valence-electron chi connectivity index (χ3n) is 3.25. The summed E-state index contributed by atoms with van der Waals surface area (Å²) in [6.45, 7) is 5.05. The molecule has 2 N–H and O–H groups in total. The van der Waals surface area contributed by atoms with E-state index in [1.165, 1.54) is 5.38 Å². The van der Waals surface area contributed by atoms with Gasteiger partial charge < -0.3 is 5.32 Å². The number of urea groups is 1. The number of benzene rings is 1. The van der Waals surface area contributed by atoms with Crippen molar-refractivity contribution in [2.75, 3.05) is 10.6 Å². The van der Waals surface area contributed by atoms with E-state index >= 15 is 0 Å². The smallest absolute Gasteiger partial charge is 0.307 e. The van der Waals surface area contributed by atoms with E-state index in [2.05, 4.69) is 10.6 Å². The monoisotopic (exact) mass is 372 g/mol. The maximum atomic E-state index is 12.2. The molecule has 124 valence electrons. The molecule has 0 aliphatic carbocycles.